The molecule has 2 rings (SSSR count). The lowest BCUT2D eigenvalue weighted by Gasteiger charge is -2.17. The molecule has 1 aromatic heterocycles. The fourth-order valence-corrected chi connectivity index (χ4v) is 4.11. The van der Waals surface area contributed by atoms with Crippen LogP contribution in [-0.4, -0.2) is 7.05 Å². The molecule has 0 saturated carbocycles. The van der Waals surface area contributed by atoms with Crippen molar-refractivity contribution < 1.29 is 0 Å². The van der Waals surface area contributed by atoms with Gasteiger partial charge in [-0.2, -0.15) is 0 Å². The Morgan fingerprint density at radius 2 is 2.00 bits per heavy atom. The van der Waals surface area contributed by atoms with E-state index in [0.29, 0.717) is 0 Å². The van der Waals surface area contributed by atoms with Gasteiger partial charge in [-0.05, 0) is 59.7 Å². The van der Waals surface area contributed by atoms with Gasteiger partial charge in [0.2, 0.25) is 0 Å². The predicted molar refractivity (Wildman–Crippen MR) is 86.8 cm³/mol. The molecule has 5 heteroatoms. The SMILES string of the molecule is CNC(c1cc(Br)c(C)s1)c1cc(Br)ccc1Cl. The molecule has 0 aliphatic rings. The Bertz CT molecular complexity index is 549. The van der Waals surface area contributed by atoms with Gasteiger partial charge in [0.15, 0.2) is 0 Å². The molecule has 0 bridgehead atoms. The number of rotatable bonds is 3. The molecule has 0 radical (unpaired) electrons. The minimum atomic E-state index is 0.116. The summed E-state index contributed by atoms with van der Waals surface area (Å²) in [7, 11) is 1.95. The Kier molecular flexibility index (Phi) is 4.89. The van der Waals surface area contributed by atoms with Gasteiger partial charge in [0.1, 0.15) is 0 Å². The van der Waals surface area contributed by atoms with Crippen molar-refractivity contribution in [3.8, 4) is 0 Å². The molecule has 2 aromatic rings. The maximum Gasteiger partial charge on any atom is 0.0684 e. The number of hydrogen-bond acceptors (Lipinski definition) is 2. The molecule has 1 nitrogen and oxygen atoms in total. The summed E-state index contributed by atoms with van der Waals surface area (Å²) in [4.78, 5) is 2.53. The first-order valence-electron chi connectivity index (χ1n) is 5.41. The van der Waals surface area contributed by atoms with Gasteiger partial charge in [0.25, 0.3) is 0 Å². The van der Waals surface area contributed by atoms with Gasteiger partial charge in [-0.3, -0.25) is 0 Å². The highest BCUT2D eigenvalue weighted by Gasteiger charge is 2.18. The molecule has 0 amide bonds. The third-order valence-corrected chi connectivity index (χ3v) is 5.76. The van der Waals surface area contributed by atoms with Crippen molar-refractivity contribution in [1.29, 1.82) is 0 Å². The summed E-state index contributed by atoms with van der Waals surface area (Å²) in [6, 6.07) is 8.20. The molecule has 1 N–H and O–H groups in total. The second kappa shape index (κ2) is 6.06. The number of aryl methyl sites for hydroxylation is 1. The van der Waals surface area contributed by atoms with Crippen LogP contribution >= 0.6 is 54.8 Å². The lowest BCUT2D eigenvalue weighted by Crippen LogP contribution is -2.16. The van der Waals surface area contributed by atoms with Crippen molar-refractivity contribution in [2.75, 3.05) is 7.05 Å². The first kappa shape index (κ1) is 14.5. The van der Waals surface area contributed by atoms with Crippen LogP contribution in [0.4, 0.5) is 0 Å². The molecule has 1 atom stereocenters. The normalized spacial score (nSPS) is 12.7. The highest BCUT2D eigenvalue weighted by molar-refractivity contribution is 9.10. The topological polar surface area (TPSA) is 12.0 Å². The monoisotopic (exact) mass is 407 g/mol. The van der Waals surface area contributed by atoms with Crippen molar-refractivity contribution in [2.45, 2.75) is 13.0 Å². The van der Waals surface area contributed by atoms with Crippen molar-refractivity contribution in [3.63, 3.8) is 0 Å². The lowest BCUT2D eigenvalue weighted by atomic mass is 10.1. The van der Waals surface area contributed by atoms with Gasteiger partial charge < -0.3 is 5.32 Å². The predicted octanol–water partition coefficient (Wildman–Crippen LogP) is 5.54. The van der Waals surface area contributed by atoms with Crippen molar-refractivity contribution >= 4 is 54.8 Å². The maximum atomic E-state index is 6.30. The standard InChI is InChI=1S/C13H12Br2ClNS/c1-7-10(15)6-12(18-7)13(17-2)9-5-8(14)3-4-11(9)16/h3-6,13,17H,1-2H3. The van der Waals surface area contributed by atoms with Crippen LogP contribution in [0.2, 0.25) is 5.02 Å². The van der Waals surface area contributed by atoms with E-state index in [4.69, 9.17) is 11.6 Å². The summed E-state index contributed by atoms with van der Waals surface area (Å²) in [5, 5.41) is 4.11. The first-order chi connectivity index (χ1) is 8.52. The van der Waals surface area contributed by atoms with E-state index in [-0.39, 0.29) is 6.04 Å². The lowest BCUT2D eigenvalue weighted by molar-refractivity contribution is 0.703. The minimum absolute atomic E-state index is 0.116. The summed E-state index contributed by atoms with van der Waals surface area (Å²) in [5.74, 6) is 0. The average Bonchev–Trinajstić information content (AvgIpc) is 2.65. The molecular formula is C13H12Br2ClNS. The third-order valence-electron chi connectivity index (χ3n) is 2.72. The van der Waals surface area contributed by atoms with E-state index in [0.717, 1.165) is 19.5 Å². The summed E-state index contributed by atoms with van der Waals surface area (Å²) >= 11 is 15.1. The zero-order valence-corrected chi connectivity index (χ0v) is 14.7. The highest BCUT2D eigenvalue weighted by atomic mass is 79.9. The Labute approximate surface area is 133 Å². The van der Waals surface area contributed by atoms with Crippen LogP contribution in [0.1, 0.15) is 21.4 Å². The Balaban J connectivity index is 2.48. The van der Waals surface area contributed by atoms with E-state index in [2.05, 4.69) is 56.2 Å². The Hall–Kier alpha value is 0.130. The van der Waals surface area contributed by atoms with Crippen LogP contribution in [-0.2, 0) is 0 Å². The quantitative estimate of drug-likeness (QED) is 0.701. The van der Waals surface area contributed by atoms with E-state index in [9.17, 15) is 0 Å². The summed E-state index contributed by atoms with van der Waals surface area (Å²) in [6.07, 6.45) is 0. The number of benzene rings is 1. The van der Waals surface area contributed by atoms with Gasteiger partial charge in [0.05, 0.1) is 6.04 Å². The summed E-state index contributed by atoms with van der Waals surface area (Å²) in [6.45, 7) is 2.10. The fourth-order valence-electron chi connectivity index (χ4n) is 1.81. The molecule has 1 aromatic carbocycles. The molecular weight excluding hydrogens is 397 g/mol. The molecule has 0 aliphatic carbocycles. The molecule has 0 saturated heterocycles. The van der Waals surface area contributed by atoms with Gasteiger partial charge in [-0.15, -0.1) is 11.3 Å². The minimum Gasteiger partial charge on any atom is -0.309 e. The van der Waals surface area contributed by atoms with Crippen LogP contribution < -0.4 is 5.32 Å². The van der Waals surface area contributed by atoms with E-state index in [1.165, 1.54) is 9.75 Å². The second-order valence-corrected chi connectivity index (χ2v) is 7.41. The zero-order valence-electron chi connectivity index (χ0n) is 9.93. The van der Waals surface area contributed by atoms with Crippen molar-refractivity contribution in [3.05, 3.63) is 53.6 Å². The largest absolute Gasteiger partial charge is 0.309 e. The van der Waals surface area contributed by atoms with Crippen LogP contribution in [0.5, 0.6) is 0 Å². The van der Waals surface area contributed by atoms with Crippen molar-refractivity contribution in [1.82, 2.24) is 5.32 Å². The summed E-state index contributed by atoms with van der Waals surface area (Å²) < 4.78 is 2.18. The fraction of sp³-hybridized carbons (Fsp3) is 0.231. The van der Waals surface area contributed by atoms with Gasteiger partial charge >= 0.3 is 0 Å². The number of halogens is 3. The average molecular weight is 410 g/mol. The van der Waals surface area contributed by atoms with Crippen molar-refractivity contribution in [2.24, 2.45) is 0 Å². The van der Waals surface area contributed by atoms with Gasteiger partial charge in [-0.25, -0.2) is 0 Å². The smallest absolute Gasteiger partial charge is 0.0684 e. The Morgan fingerprint density at radius 1 is 1.28 bits per heavy atom. The molecule has 1 unspecified atom stereocenters. The number of hydrogen-bond donors (Lipinski definition) is 1. The first-order valence-corrected chi connectivity index (χ1v) is 8.19. The molecule has 0 aliphatic heterocycles. The number of nitrogens with one attached hydrogen (secondary N) is 1. The summed E-state index contributed by atoms with van der Waals surface area (Å²) in [5.41, 5.74) is 1.09. The third kappa shape index (κ3) is 2.99. The Morgan fingerprint density at radius 3 is 2.56 bits per heavy atom. The van der Waals surface area contributed by atoms with Crippen LogP contribution in [0.25, 0.3) is 0 Å². The van der Waals surface area contributed by atoms with Crippen LogP contribution in [0.15, 0.2) is 33.2 Å². The molecule has 1 heterocycles. The van der Waals surface area contributed by atoms with Gasteiger partial charge in [-0.1, -0.05) is 27.5 Å². The second-order valence-electron chi connectivity index (χ2n) is 3.94. The highest BCUT2D eigenvalue weighted by Crippen LogP contribution is 2.36. The maximum absolute atomic E-state index is 6.30. The van der Waals surface area contributed by atoms with Crippen LogP contribution in [0.3, 0.4) is 0 Å². The zero-order chi connectivity index (χ0) is 13.3. The molecule has 18 heavy (non-hydrogen) atoms. The molecule has 96 valence electrons. The van der Waals surface area contributed by atoms with E-state index in [1.807, 2.05) is 19.2 Å². The van der Waals surface area contributed by atoms with E-state index >= 15 is 0 Å². The van der Waals surface area contributed by atoms with E-state index < -0.39 is 0 Å². The van der Waals surface area contributed by atoms with Gasteiger partial charge in [0, 0.05) is 23.7 Å². The number of thiophene rings is 1. The van der Waals surface area contributed by atoms with Crippen LogP contribution in [0, 0.1) is 6.92 Å². The van der Waals surface area contributed by atoms with E-state index in [1.54, 1.807) is 11.3 Å². The molecule has 0 fully saturated rings. The molecule has 0 spiro atoms.